The van der Waals surface area contributed by atoms with Crippen molar-refractivity contribution in [2.45, 2.75) is 6.42 Å². The molecular weight excluding hydrogens is 278 g/mol. The van der Waals surface area contributed by atoms with Gasteiger partial charge in [0.15, 0.2) is 0 Å². The second-order valence-corrected chi connectivity index (χ2v) is 7.05. The number of rotatable bonds is 6. The van der Waals surface area contributed by atoms with E-state index in [0.29, 0.717) is 11.3 Å². The third kappa shape index (κ3) is 4.84. The van der Waals surface area contributed by atoms with Gasteiger partial charge in [0.25, 0.3) is 5.91 Å². The van der Waals surface area contributed by atoms with Gasteiger partial charge in [-0.2, -0.15) is 0 Å². The third-order valence-corrected chi connectivity index (χ3v) is 4.12. The Hall–Kier alpha value is -1.41. The number of carbonyl (C=O) groups excluding carboxylic acids is 1. The molecule has 0 saturated heterocycles. The van der Waals surface area contributed by atoms with Crippen molar-refractivity contribution in [2.75, 3.05) is 18.6 Å². The Bertz CT molecular complexity index is 546. The summed E-state index contributed by atoms with van der Waals surface area (Å²) < 4.78 is 21.7. The van der Waals surface area contributed by atoms with E-state index in [0.717, 1.165) is 17.6 Å². The lowest BCUT2D eigenvalue weighted by Crippen LogP contribution is -2.25. The normalized spacial score (nSPS) is 11.2. The zero-order valence-electron chi connectivity index (χ0n) is 9.67. The lowest BCUT2D eigenvalue weighted by atomic mass is 10.4. The van der Waals surface area contributed by atoms with Crippen LogP contribution in [0.25, 0.3) is 0 Å². The monoisotopic (exact) mass is 291 g/mol. The van der Waals surface area contributed by atoms with Crippen molar-refractivity contribution in [1.29, 1.82) is 0 Å². The van der Waals surface area contributed by atoms with E-state index in [-0.39, 0.29) is 23.1 Å². The van der Waals surface area contributed by atoms with E-state index in [9.17, 15) is 18.0 Å². The summed E-state index contributed by atoms with van der Waals surface area (Å²) in [7, 11) is -3.02. The number of sulfone groups is 1. The summed E-state index contributed by atoms with van der Waals surface area (Å²) in [5, 5.41) is 11.2. The van der Waals surface area contributed by atoms with Crippen molar-refractivity contribution in [2.24, 2.45) is 0 Å². The van der Waals surface area contributed by atoms with E-state index in [4.69, 9.17) is 5.11 Å². The number of thiophene rings is 1. The molecule has 0 spiro atoms. The number of hydrogen-bond donors (Lipinski definition) is 2. The van der Waals surface area contributed by atoms with Crippen LogP contribution >= 0.6 is 11.3 Å². The molecule has 0 aliphatic heterocycles. The van der Waals surface area contributed by atoms with Crippen LogP contribution < -0.4 is 5.32 Å². The van der Waals surface area contributed by atoms with Gasteiger partial charge in [-0.25, -0.2) is 13.2 Å². The van der Waals surface area contributed by atoms with Gasteiger partial charge >= 0.3 is 5.97 Å². The highest BCUT2D eigenvalue weighted by Gasteiger charge is 2.12. The Morgan fingerprint density at radius 3 is 2.44 bits per heavy atom. The first-order chi connectivity index (χ1) is 8.29. The molecule has 1 aromatic rings. The number of aromatic carboxylic acids is 1. The molecular formula is C10H13NO5S2. The zero-order chi connectivity index (χ0) is 13.8. The van der Waals surface area contributed by atoms with Crippen LogP contribution in [0.4, 0.5) is 0 Å². The highest BCUT2D eigenvalue weighted by Crippen LogP contribution is 2.16. The molecule has 8 heteroatoms. The number of carboxylic acid groups (broad SMARTS) is 1. The van der Waals surface area contributed by atoms with Crippen LogP contribution in [0.15, 0.2) is 12.1 Å². The summed E-state index contributed by atoms with van der Waals surface area (Å²) in [4.78, 5) is 22.6. The molecule has 0 aliphatic rings. The molecule has 0 saturated carbocycles. The van der Waals surface area contributed by atoms with Gasteiger partial charge in [0.05, 0.1) is 10.6 Å². The first-order valence-electron chi connectivity index (χ1n) is 5.08. The molecule has 0 fully saturated rings. The van der Waals surface area contributed by atoms with E-state index in [1.165, 1.54) is 12.1 Å². The van der Waals surface area contributed by atoms with E-state index in [1.807, 2.05) is 0 Å². The average Bonchev–Trinajstić information content (AvgIpc) is 2.72. The molecule has 0 atom stereocenters. The Morgan fingerprint density at radius 2 is 1.94 bits per heavy atom. The lowest BCUT2D eigenvalue weighted by Gasteiger charge is -2.02. The van der Waals surface area contributed by atoms with Gasteiger partial charge in [0, 0.05) is 12.8 Å². The SMILES string of the molecule is CS(=O)(=O)CCCNC(=O)c1ccc(C(=O)O)s1. The molecule has 1 amide bonds. The molecule has 2 N–H and O–H groups in total. The van der Waals surface area contributed by atoms with E-state index >= 15 is 0 Å². The Morgan fingerprint density at radius 1 is 1.33 bits per heavy atom. The van der Waals surface area contributed by atoms with Gasteiger partial charge in [-0.15, -0.1) is 11.3 Å². The molecule has 0 aliphatic carbocycles. The van der Waals surface area contributed by atoms with Crippen molar-refractivity contribution >= 4 is 33.1 Å². The standard InChI is InChI=1S/C10H13NO5S2/c1-18(15,16)6-2-5-11-9(12)7-3-4-8(17-7)10(13)14/h3-4H,2,5-6H2,1H3,(H,11,12)(H,13,14). The quantitative estimate of drug-likeness (QED) is 0.748. The van der Waals surface area contributed by atoms with Crippen LogP contribution in [0, 0.1) is 0 Å². The fourth-order valence-electron chi connectivity index (χ4n) is 1.20. The highest BCUT2D eigenvalue weighted by molar-refractivity contribution is 7.90. The Balaban J connectivity index is 2.43. The van der Waals surface area contributed by atoms with Gasteiger partial charge in [-0.05, 0) is 18.6 Å². The molecule has 0 aromatic carbocycles. The Kier molecular flexibility index (Phi) is 4.85. The largest absolute Gasteiger partial charge is 0.477 e. The molecule has 1 aromatic heterocycles. The molecule has 1 rings (SSSR count). The predicted molar refractivity (Wildman–Crippen MR) is 67.9 cm³/mol. The molecule has 1 heterocycles. The predicted octanol–water partition coefficient (Wildman–Crippen LogP) is 0.611. The number of nitrogens with one attached hydrogen (secondary N) is 1. The van der Waals surface area contributed by atoms with Crippen LogP contribution in [-0.4, -0.2) is 44.0 Å². The van der Waals surface area contributed by atoms with Crippen LogP contribution in [-0.2, 0) is 9.84 Å². The first kappa shape index (κ1) is 14.7. The zero-order valence-corrected chi connectivity index (χ0v) is 11.3. The van der Waals surface area contributed by atoms with Crippen LogP contribution in [0.1, 0.15) is 25.8 Å². The fraction of sp³-hybridized carbons (Fsp3) is 0.400. The first-order valence-corrected chi connectivity index (χ1v) is 7.96. The van der Waals surface area contributed by atoms with Crippen molar-refractivity contribution in [3.05, 3.63) is 21.9 Å². The second-order valence-electron chi connectivity index (χ2n) is 3.71. The lowest BCUT2D eigenvalue weighted by molar-refractivity contribution is 0.0702. The number of carboxylic acids is 1. The minimum absolute atomic E-state index is 0.0120. The summed E-state index contributed by atoms with van der Waals surface area (Å²) in [6.45, 7) is 0.242. The minimum Gasteiger partial charge on any atom is -0.477 e. The maximum absolute atomic E-state index is 11.6. The van der Waals surface area contributed by atoms with Crippen molar-refractivity contribution in [1.82, 2.24) is 5.32 Å². The second kappa shape index (κ2) is 5.96. The van der Waals surface area contributed by atoms with Gasteiger partial charge in [-0.3, -0.25) is 4.79 Å². The maximum Gasteiger partial charge on any atom is 0.345 e. The molecule has 0 radical (unpaired) electrons. The molecule has 18 heavy (non-hydrogen) atoms. The molecule has 0 bridgehead atoms. The molecule has 6 nitrogen and oxygen atoms in total. The van der Waals surface area contributed by atoms with Crippen LogP contribution in [0.3, 0.4) is 0 Å². The van der Waals surface area contributed by atoms with Crippen molar-refractivity contribution in [3.63, 3.8) is 0 Å². The average molecular weight is 291 g/mol. The smallest absolute Gasteiger partial charge is 0.345 e. The van der Waals surface area contributed by atoms with Gasteiger partial charge < -0.3 is 10.4 Å². The van der Waals surface area contributed by atoms with Crippen LogP contribution in [0.5, 0.6) is 0 Å². The molecule has 0 unspecified atom stereocenters. The van der Waals surface area contributed by atoms with E-state index < -0.39 is 15.8 Å². The fourth-order valence-corrected chi connectivity index (χ4v) is 2.63. The summed E-state index contributed by atoms with van der Waals surface area (Å²) >= 11 is 0.883. The van der Waals surface area contributed by atoms with E-state index in [1.54, 1.807) is 0 Å². The number of amides is 1. The maximum atomic E-state index is 11.6. The van der Waals surface area contributed by atoms with Crippen molar-refractivity contribution < 1.29 is 23.1 Å². The van der Waals surface area contributed by atoms with Crippen LogP contribution in [0.2, 0.25) is 0 Å². The van der Waals surface area contributed by atoms with E-state index in [2.05, 4.69) is 5.32 Å². The van der Waals surface area contributed by atoms with Gasteiger partial charge in [0.2, 0.25) is 0 Å². The highest BCUT2D eigenvalue weighted by atomic mass is 32.2. The van der Waals surface area contributed by atoms with Gasteiger partial charge in [0.1, 0.15) is 14.7 Å². The summed E-state index contributed by atoms with van der Waals surface area (Å²) in [5.74, 6) is -1.45. The summed E-state index contributed by atoms with van der Waals surface area (Å²) in [6.07, 6.45) is 1.47. The molecule has 100 valence electrons. The number of carbonyl (C=O) groups is 2. The topological polar surface area (TPSA) is 101 Å². The summed E-state index contributed by atoms with van der Waals surface area (Å²) in [6, 6.07) is 2.79. The Labute approximate surface area is 109 Å². The van der Waals surface area contributed by atoms with Crippen molar-refractivity contribution in [3.8, 4) is 0 Å². The number of hydrogen-bond acceptors (Lipinski definition) is 5. The minimum atomic E-state index is -3.02. The van der Waals surface area contributed by atoms with Gasteiger partial charge in [-0.1, -0.05) is 0 Å². The third-order valence-electron chi connectivity index (χ3n) is 2.02. The summed E-state index contributed by atoms with van der Waals surface area (Å²) in [5.41, 5.74) is 0.